The molecule has 0 radical (unpaired) electrons. The van der Waals surface area contributed by atoms with Gasteiger partial charge < -0.3 is 15.1 Å². The Hall–Kier alpha value is -2.83. The van der Waals surface area contributed by atoms with Crippen LogP contribution in [-0.2, 0) is 15.1 Å². The molecule has 1 aromatic carbocycles. The van der Waals surface area contributed by atoms with Crippen LogP contribution < -0.4 is 10.6 Å². The quantitative estimate of drug-likeness (QED) is 0.804. The zero-order chi connectivity index (χ0) is 19.1. The van der Waals surface area contributed by atoms with Gasteiger partial charge in [-0.3, -0.25) is 14.5 Å². The van der Waals surface area contributed by atoms with Crippen LogP contribution >= 0.6 is 0 Å². The summed E-state index contributed by atoms with van der Waals surface area (Å²) in [6.45, 7) is 6.97. The molecule has 2 heterocycles. The van der Waals surface area contributed by atoms with Gasteiger partial charge in [-0.05, 0) is 39.3 Å². The van der Waals surface area contributed by atoms with Crippen molar-refractivity contribution in [2.24, 2.45) is 0 Å². The molecule has 7 nitrogen and oxygen atoms in total. The Bertz CT molecular complexity index is 853. The summed E-state index contributed by atoms with van der Waals surface area (Å²) in [5.41, 5.74) is -1.11. The molecule has 26 heavy (non-hydrogen) atoms. The van der Waals surface area contributed by atoms with E-state index in [-0.39, 0.29) is 12.5 Å². The second kappa shape index (κ2) is 6.16. The summed E-state index contributed by atoms with van der Waals surface area (Å²) in [4.78, 5) is 38.4. The predicted octanol–water partition coefficient (Wildman–Crippen LogP) is 2.50. The monoisotopic (exact) mass is 357 g/mol. The number of urea groups is 1. The zero-order valence-electron chi connectivity index (χ0n) is 15.4. The van der Waals surface area contributed by atoms with Crippen LogP contribution in [0.4, 0.5) is 4.79 Å². The van der Waals surface area contributed by atoms with Crippen molar-refractivity contribution in [1.29, 1.82) is 0 Å². The van der Waals surface area contributed by atoms with Crippen molar-refractivity contribution in [2.45, 2.75) is 45.2 Å². The number of hydrogen-bond donors (Lipinski definition) is 2. The predicted molar refractivity (Wildman–Crippen MR) is 96.3 cm³/mol. The van der Waals surface area contributed by atoms with E-state index in [4.69, 9.17) is 4.42 Å². The van der Waals surface area contributed by atoms with Gasteiger partial charge >= 0.3 is 6.03 Å². The highest BCUT2D eigenvalue weighted by molar-refractivity contribution is 6.09. The van der Waals surface area contributed by atoms with Gasteiger partial charge in [0.25, 0.3) is 5.91 Å². The van der Waals surface area contributed by atoms with Crippen molar-refractivity contribution >= 4 is 28.8 Å². The van der Waals surface area contributed by atoms with Crippen LogP contribution in [0, 0.1) is 0 Å². The molecule has 1 saturated heterocycles. The fraction of sp³-hybridized carbons (Fsp3) is 0.421. The van der Waals surface area contributed by atoms with E-state index in [0.717, 1.165) is 16.7 Å². The molecule has 0 unspecified atom stereocenters. The minimum absolute atomic E-state index is 0.329. The number of rotatable bonds is 5. The topological polar surface area (TPSA) is 91.7 Å². The van der Waals surface area contributed by atoms with Crippen molar-refractivity contribution in [3.63, 3.8) is 0 Å². The van der Waals surface area contributed by atoms with Gasteiger partial charge in [-0.15, -0.1) is 0 Å². The van der Waals surface area contributed by atoms with Crippen molar-refractivity contribution in [2.75, 3.05) is 6.54 Å². The van der Waals surface area contributed by atoms with Crippen molar-refractivity contribution < 1.29 is 18.8 Å². The third kappa shape index (κ3) is 3.05. The molecule has 1 aliphatic rings. The Kier molecular flexibility index (Phi) is 4.26. The van der Waals surface area contributed by atoms with E-state index in [1.807, 2.05) is 39.0 Å². The van der Waals surface area contributed by atoms with Crippen molar-refractivity contribution in [3.8, 4) is 0 Å². The van der Waals surface area contributed by atoms with Crippen LogP contribution in [0.1, 0.15) is 39.9 Å². The minimum Gasteiger partial charge on any atom is -0.458 e. The van der Waals surface area contributed by atoms with E-state index in [1.165, 1.54) is 0 Å². The van der Waals surface area contributed by atoms with Gasteiger partial charge in [0.15, 0.2) is 5.54 Å². The number of nitrogens with zero attached hydrogens (tertiary/aromatic N) is 1. The summed E-state index contributed by atoms with van der Waals surface area (Å²) in [5, 5.41) is 6.32. The molecule has 1 atom stereocenters. The number of carbonyl (C=O) groups excluding carboxylic acids is 3. The van der Waals surface area contributed by atoms with Gasteiger partial charge in [0.2, 0.25) is 5.91 Å². The van der Waals surface area contributed by atoms with Crippen molar-refractivity contribution in [3.05, 3.63) is 36.1 Å². The minimum atomic E-state index is -1.34. The Morgan fingerprint density at radius 2 is 2.00 bits per heavy atom. The van der Waals surface area contributed by atoms with Gasteiger partial charge in [-0.25, -0.2) is 4.79 Å². The highest BCUT2D eigenvalue weighted by Gasteiger charge is 2.51. The first-order valence-corrected chi connectivity index (χ1v) is 8.60. The third-order valence-electron chi connectivity index (χ3n) is 4.86. The molecule has 0 aliphatic carbocycles. The highest BCUT2D eigenvalue weighted by Crippen LogP contribution is 2.32. The fourth-order valence-electron chi connectivity index (χ4n) is 2.88. The van der Waals surface area contributed by atoms with E-state index in [2.05, 4.69) is 10.6 Å². The molecule has 1 fully saturated rings. The molecule has 7 heteroatoms. The number of imide groups is 1. The van der Waals surface area contributed by atoms with Crippen LogP contribution in [0.3, 0.4) is 0 Å². The highest BCUT2D eigenvalue weighted by atomic mass is 16.3. The SMILES string of the molecule is CCC(C)(C)NC(=O)CN1C(=O)N[C@](C)(c2cc3ccccc3o2)C1=O. The molecule has 2 N–H and O–H groups in total. The third-order valence-corrected chi connectivity index (χ3v) is 4.86. The number of nitrogens with one attached hydrogen (secondary N) is 2. The normalized spacial score (nSPS) is 20.5. The van der Waals surface area contributed by atoms with Crippen LogP contribution in [0.25, 0.3) is 11.0 Å². The average molecular weight is 357 g/mol. The fourth-order valence-corrected chi connectivity index (χ4v) is 2.88. The molecular formula is C19H23N3O4. The zero-order valence-corrected chi connectivity index (χ0v) is 15.4. The van der Waals surface area contributed by atoms with Crippen LogP contribution in [-0.4, -0.2) is 34.8 Å². The van der Waals surface area contributed by atoms with E-state index in [9.17, 15) is 14.4 Å². The number of para-hydroxylation sites is 1. The van der Waals surface area contributed by atoms with E-state index in [0.29, 0.717) is 11.3 Å². The largest absolute Gasteiger partial charge is 0.458 e. The van der Waals surface area contributed by atoms with Crippen LogP contribution in [0.2, 0.25) is 0 Å². The number of amides is 4. The Morgan fingerprint density at radius 1 is 1.31 bits per heavy atom. The van der Waals surface area contributed by atoms with Gasteiger partial charge in [-0.2, -0.15) is 0 Å². The van der Waals surface area contributed by atoms with E-state index in [1.54, 1.807) is 19.1 Å². The van der Waals surface area contributed by atoms with Crippen LogP contribution in [0.5, 0.6) is 0 Å². The molecule has 3 rings (SSSR count). The molecule has 1 aromatic heterocycles. The molecular weight excluding hydrogens is 334 g/mol. The van der Waals surface area contributed by atoms with Gasteiger partial charge in [0.05, 0.1) is 0 Å². The number of carbonyl (C=O) groups is 3. The summed E-state index contributed by atoms with van der Waals surface area (Å²) in [6.07, 6.45) is 0.732. The lowest BCUT2D eigenvalue weighted by Crippen LogP contribution is -2.49. The van der Waals surface area contributed by atoms with Crippen molar-refractivity contribution in [1.82, 2.24) is 15.5 Å². The second-order valence-electron chi connectivity index (χ2n) is 7.38. The lowest BCUT2D eigenvalue weighted by molar-refractivity contribution is -0.135. The maximum Gasteiger partial charge on any atom is 0.325 e. The maximum absolute atomic E-state index is 12.9. The number of hydrogen-bond acceptors (Lipinski definition) is 4. The molecule has 4 amide bonds. The Labute approximate surface area is 151 Å². The second-order valence-corrected chi connectivity index (χ2v) is 7.38. The molecule has 0 spiro atoms. The maximum atomic E-state index is 12.9. The smallest absolute Gasteiger partial charge is 0.325 e. The summed E-state index contributed by atoms with van der Waals surface area (Å²) < 4.78 is 5.76. The van der Waals surface area contributed by atoms with Crippen LogP contribution in [0.15, 0.2) is 34.7 Å². The molecule has 138 valence electrons. The number of fused-ring (bicyclic) bond motifs is 1. The Morgan fingerprint density at radius 3 is 2.65 bits per heavy atom. The Balaban J connectivity index is 1.82. The number of furan rings is 1. The molecule has 0 bridgehead atoms. The summed E-state index contributed by atoms with van der Waals surface area (Å²) in [6, 6.07) is 8.48. The molecule has 1 aliphatic heterocycles. The summed E-state index contributed by atoms with van der Waals surface area (Å²) in [7, 11) is 0. The molecule has 0 saturated carbocycles. The van der Waals surface area contributed by atoms with Gasteiger partial charge in [0.1, 0.15) is 17.9 Å². The first-order chi connectivity index (χ1) is 12.2. The van der Waals surface area contributed by atoms with Gasteiger partial charge in [-0.1, -0.05) is 25.1 Å². The summed E-state index contributed by atoms with van der Waals surface area (Å²) in [5.74, 6) is -0.547. The van der Waals surface area contributed by atoms with Gasteiger partial charge in [0, 0.05) is 10.9 Å². The summed E-state index contributed by atoms with van der Waals surface area (Å²) >= 11 is 0. The number of benzene rings is 1. The lowest BCUT2D eigenvalue weighted by Gasteiger charge is -2.25. The first kappa shape index (κ1) is 18.0. The average Bonchev–Trinajstić information content (AvgIpc) is 3.10. The van der Waals surface area contributed by atoms with E-state index < -0.39 is 23.0 Å². The lowest BCUT2D eigenvalue weighted by atomic mass is 9.98. The standard InChI is InChI=1S/C19H23N3O4/c1-5-18(2,3)20-15(23)11-22-16(24)19(4,21-17(22)25)14-10-12-8-6-7-9-13(12)26-14/h6-10H,5,11H2,1-4H3,(H,20,23)(H,21,25)/t19-/m1/s1. The molecule has 2 aromatic rings. The first-order valence-electron chi connectivity index (χ1n) is 8.60. The van der Waals surface area contributed by atoms with E-state index >= 15 is 0 Å².